The molecule has 3 rings (SSSR count). The van der Waals surface area contributed by atoms with Crippen molar-refractivity contribution in [2.24, 2.45) is 5.73 Å². The third-order valence-electron chi connectivity index (χ3n) is 4.17. The van der Waals surface area contributed by atoms with Crippen LogP contribution in [0.15, 0.2) is 48.5 Å². The standard InChI is InChI=1S/C18H18F3N5O/c19-18(20,21)14-7-5-12(6-8-14)9-13-3-1-2-4-16(13)17-23-25-26(24-17)15(10-22)11-27/h1-8,15,27H,9-11,22H2. The van der Waals surface area contributed by atoms with E-state index in [-0.39, 0.29) is 13.2 Å². The minimum atomic E-state index is -4.36. The van der Waals surface area contributed by atoms with E-state index >= 15 is 0 Å². The van der Waals surface area contributed by atoms with Crippen LogP contribution in [0.3, 0.4) is 0 Å². The Hall–Kier alpha value is -2.78. The predicted molar refractivity (Wildman–Crippen MR) is 92.7 cm³/mol. The van der Waals surface area contributed by atoms with E-state index in [4.69, 9.17) is 5.73 Å². The van der Waals surface area contributed by atoms with Crippen LogP contribution in [0.1, 0.15) is 22.7 Å². The van der Waals surface area contributed by atoms with Gasteiger partial charge in [0.05, 0.1) is 12.2 Å². The lowest BCUT2D eigenvalue weighted by Gasteiger charge is -2.10. The maximum Gasteiger partial charge on any atom is 0.416 e. The lowest BCUT2D eigenvalue weighted by atomic mass is 9.98. The van der Waals surface area contributed by atoms with Crippen LogP contribution in [0.5, 0.6) is 0 Å². The fraction of sp³-hybridized carbons (Fsp3) is 0.278. The van der Waals surface area contributed by atoms with Crippen molar-refractivity contribution in [1.82, 2.24) is 20.2 Å². The molecule has 9 heteroatoms. The van der Waals surface area contributed by atoms with Crippen LogP contribution in [0.2, 0.25) is 0 Å². The van der Waals surface area contributed by atoms with Crippen LogP contribution in [0.4, 0.5) is 13.2 Å². The summed E-state index contributed by atoms with van der Waals surface area (Å²) in [6.45, 7) is -0.0427. The van der Waals surface area contributed by atoms with E-state index in [2.05, 4.69) is 15.4 Å². The predicted octanol–water partition coefficient (Wildman–Crippen LogP) is 2.44. The zero-order chi connectivity index (χ0) is 19.4. The Bertz CT molecular complexity index is 889. The van der Waals surface area contributed by atoms with Crippen LogP contribution in [-0.2, 0) is 12.6 Å². The van der Waals surface area contributed by atoms with E-state index in [0.717, 1.165) is 28.8 Å². The average molecular weight is 377 g/mol. The number of aliphatic hydroxyl groups is 1. The number of benzene rings is 2. The Morgan fingerprint density at radius 1 is 1.07 bits per heavy atom. The molecular formula is C18H18F3N5O. The van der Waals surface area contributed by atoms with E-state index in [1.54, 1.807) is 0 Å². The highest BCUT2D eigenvalue weighted by Gasteiger charge is 2.29. The van der Waals surface area contributed by atoms with E-state index in [0.29, 0.717) is 12.2 Å². The maximum atomic E-state index is 12.7. The highest BCUT2D eigenvalue weighted by atomic mass is 19.4. The number of nitrogens with two attached hydrogens (primary N) is 1. The molecule has 2 aromatic carbocycles. The molecule has 0 spiro atoms. The fourth-order valence-corrected chi connectivity index (χ4v) is 2.65. The topological polar surface area (TPSA) is 89.8 Å². The number of halogens is 3. The Labute approximate surface area is 153 Å². The number of rotatable bonds is 6. The molecule has 3 aromatic rings. The van der Waals surface area contributed by atoms with E-state index < -0.39 is 17.8 Å². The number of nitrogens with zero attached hydrogens (tertiary/aromatic N) is 4. The number of alkyl halides is 3. The molecule has 0 fully saturated rings. The molecule has 0 amide bonds. The van der Waals surface area contributed by atoms with Crippen molar-refractivity contribution in [2.75, 3.05) is 13.2 Å². The van der Waals surface area contributed by atoms with Gasteiger partial charge in [-0.25, -0.2) is 0 Å². The van der Waals surface area contributed by atoms with Crippen molar-refractivity contribution in [1.29, 1.82) is 0 Å². The Balaban J connectivity index is 1.86. The number of tetrazole rings is 1. The molecule has 0 aliphatic heterocycles. The van der Waals surface area contributed by atoms with Crippen molar-refractivity contribution < 1.29 is 18.3 Å². The Morgan fingerprint density at radius 2 is 1.78 bits per heavy atom. The molecule has 1 unspecified atom stereocenters. The second kappa shape index (κ2) is 7.85. The van der Waals surface area contributed by atoms with Gasteiger partial charge in [-0.2, -0.15) is 18.0 Å². The van der Waals surface area contributed by atoms with Crippen LogP contribution in [-0.4, -0.2) is 38.5 Å². The monoisotopic (exact) mass is 377 g/mol. The summed E-state index contributed by atoms with van der Waals surface area (Å²) in [5, 5.41) is 21.5. The molecular weight excluding hydrogens is 359 g/mol. The minimum Gasteiger partial charge on any atom is -0.394 e. The highest BCUT2D eigenvalue weighted by Crippen LogP contribution is 2.30. The van der Waals surface area contributed by atoms with Crippen molar-refractivity contribution in [3.05, 3.63) is 65.2 Å². The molecule has 6 nitrogen and oxygen atoms in total. The third-order valence-corrected chi connectivity index (χ3v) is 4.17. The van der Waals surface area contributed by atoms with Crippen molar-refractivity contribution in [3.63, 3.8) is 0 Å². The molecule has 27 heavy (non-hydrogen) atoms. The molecule has 0 saturated heterocycles. The summed E-state index contributed by atoms with van der Waals surface area (Å²) in [6, 6.07) is 11.9. The van der Waals surface area contributed by atoms with Gasteiger partial charge in [-0.05, 0) is 34.9 Å². The second-order valence-corrected chi connectivity index (χ2v) is 6.03. The molecule has 1 aromatic heterocycles. The van der Waals surface area contributed by atoms with Crippen LogP contribution in [0, 0.1) is 0 Å². The normalized spacial score (nSPS) is 12.9. The zero-order valence-electron chi connectivity index (χ0n) is 14.3. The fourth-order valence-electron chi connectivity index (χ4n) is 2.65. The lowest BCUT2D eigenvalue weighted by Crippen LogP contribution is -2.24. The summed E-state index contributed by atoms with van der Waals surface area (Å²) in [7, 11) is 0. The average Bonchev–Trinajstić information content (AvgIpc) is 3.13. The molecule has 0 radical (unpaired) electrons. The largest absolute Gasteiger partial charge is 0.416 e. The second-order valence-electron chi connectivity index (χ2n) is 6.03. The van der Waals surface area contributed by atoms with Gasteiger partial charge in [0.25, 0.3) is 0 Å². The number of aliphatic hydroxyl groups excluding tert-OH is 1. The van der Waals surface area contributed by atoms with E-state index in [9.17, 15) is 18.3 Å². The van der Waals surface area contributed by atoms with Gasteiger partial charge in [0.2, 0.25) is 5.82 Å². The van der Waals surface area contributed by atoms with Crippen LogP contribution >= 0.6 is 0 Å². The van der Waals surface area contributed by atoms with Crippen LogP contribution < -0.4 is 5.73 Å². The molecule has 0 aliphatic carbocycles. The number of hydrogen-bond acceptors (Lipinski definition) is 5. The van der Waals surface area contributed by atoms with Gasteiger partial charge in [-0.1, -0.05) is 36.4 Å². The van der Waals surface area contributed by atoms with Gasteiger partial charge in [0.15, 0.2) is 0 Å². The zero-order valence-corrected chi connectivity index (χ0v) is 14.3. The molecule has 1 heterocycles. The third kappa shape index (κ3) is 4.32. The van der Waals surface area contributed by atoms with Crippen molar-refractivity contribution >= 4 is 0 Å². The molecule has 0 aliphatic rings. The van der Waals surface area contributed by atoms with Gasteiger partial charge in [-0.3, -0.25) is 0 Å². The summed E-state index contributed by atoms with van der Waals surface area (Å²) in [5.74, 6) is 0.365. The quantitative estimate of drug-likeness (QED) is 0.689. The Morgan fingerprint density at radius 3 is 2.41 bits per heavy atom. The van der Waals surface area contributed by atoms with Crippen LogP contribution in [0.25, 0.3) is 11.4 Å². The van der Waals surface area contributed by atoms with Gasteiger partial charge in [0.1, 0.15) is 6.04 Å². The molecule has 142 valence electrons. The van der Waals surface area contributed by atoms with E-state index in [1.165, 1.54) is 16.9 Å². The van der Waals surface area contributed by atoms with Gasteiger partial charge in [-0.15, -0.1) is 10.2 Å². The van der Waals surface area contributed by atoms with Crippen molar-refractivity contribution in [3.8, 4) is 11.4 Å². The minimum absolute atomic E-state index is 0.166. The summed E-state index contributed by atoms with van der Waals surface area (Å²) in [5.41, 5.74) is 7.20. The maximum absolute atomic E-state index is 12.7. The number of aromatic nitrogens is 4. The molecule has 0 bridgehead atoms. The first-order valence-corrected chi connectivity index (χ1v) is 8.27. The summed E-state index contributed by atoms with van der Waals surface area (Å²) in [4.78, 5) is 1.27. The molecule has 0 saturated carbocycles. The summed E-state index contributed by atoms with van der Waals surface area (Å²) >= 11 is 0. The first-order chi connectivity index (χ1) is 12.9. The molecule has 3 N–H and O–H groups in total. The number of hydrogen-bond donors (Lipinski definition) is 2. The lowest BCUT2D eigenvalue weighted by molar-refractivity contribution is -0.137. The van der Waals surface area contributed by atoms with Gasteiger partial charge >= 0.3 is 6.18 Å². The molecule has 1 atom stereocenters. The first kappa shape index (κ1) is 19.0. The smallest absolute Gasteiger partial charge is 0.394 e. The van der Waals surface area contributed by atoms with Gasteiger partial charge < -0.3 is 10.8 Å². The Kier molecular flexibility index (Phi) is 5.52. The summed E-state index contributed by atoms with van der Waals surface area (Å²) in [6.07, 6.45) is -3.94. The highest BCUT2D eigenvalue weighted by molar-refractivity contribution is 5.60. The first-order valence-electron chi connectivity index (χ1n) is 8.27. The summed E-state index contributed by atoms with van der Waals surface area (Å²) < 4.78 is 38.1. The van der Waals surface area contributed by atoms with Crippen molar-refractivity contribution in [2.45, 2.75) is 18.6 Å². The van der Waals surface area contributed by atoms with E-state index in [1.807, 2.05) is 24.3 Å². The SMILES string of the molecule is NCC(CO)n1nnc(-c2ccccc2Cc2ccc(C(F)(F)F)cc2)n1. The van der Waals surface area contributed by atoms with Gasteiger partial charge in [0, 0.05) is 12.1 Å².